The number of nitrogens with zero attached hydrogens (tertiary/aromatic N) is 3. The number of ether oxygens (including phenoxy) is 2. The molecule has 0 aromatic carbocycles. The lowest BCUT2D eigenvalue weighted by Crippen LogP contribution is -2.45. The molecule has 1 aliphatic carbocycles. The molecule has 0 radical (unpaired) electrons. The van der Waals surface area contributed by atoms with Crippen LogP contribution in [0.4, 0.5) is 0 Å². The zero-order valence-electron chi connectivity index (χ0n) is 14.3. The summed E-state index contributed by atoms with van der Waals surface area (Å²) in [6.07, 6.45) is 6.30. The summed E-state index contributed by atoms with van der Waals surface area (Å²) in [7, 11) is 1.53. The van der Waals surface area contributed by atoms with Gasteiger partial charge in [-0.1, -0.05) is 24.0 Å². The molecule has 1 aromatic rings. The van der Waals surface area contributed by atoms with Crippen molar-refractivity contribution in [3.63, 3.8) is 0 Å². The lowest BCUT2D eigenvalue weighted by molar-refractivity contribution is -0.130. The van der Waals surface area contributed by atoms with Crippen molar-refractivity contribution < 1.29 is 19.1 Å². The van der Waals surface area contributed by atoms with Gasteiger partial charge in [-0.2, -0.15) is 0 Å². The van der Waals surface area contributed by atoms with Crippen LogP contribution in [0.2, 0.25) is 0 Å². The molecule has 2 heterocycles. The zero-order chi connectivity index (χ0) is 18.5. The van der Waals surface area contributed by atoms with E-state index < -0.39 is 0 Å². The summed E-state index contributed by atoms with van der Waals surface area (Å²) in [5.74, 6) is 0.793. The van der Waals surface area contributed by atoms with Crippen LogP contribution in [0, 0.1) is 0 Å². The Morgan fingerprint density at radius 3 is 2.62 bits per heavy atom. The number of methoxy groups -OCH3 is 1. The molecule has 26 heavy (non-hydrogen) atoms. The van der Waals surface area contributed by atoms with E-state index >= 15 is 0 Å². The molecule has 1 saturated heterocycles. The maximum atomic E-state index is 12.2. The second kappa shape index (κ2) is 8.63. The molecular weight excluding hydrogens is 376 g/mol. The van der Waals surface area contributed by atoms with Gasteiger partial charge in [0.15, 0.2) is 0 Å². The fraction of sp³-hybridized carbons (Fsp3) is 0.562. The first-order valence-corrected chi connectivity index (χ1v) is 9.74. The van der Waals surface area contributed by atoms with Crippen molar-refractivity contribution >= 4 is 40.1 Å². The molecule has 1 N–H and O–H groups in total. The van der Waals surface area contributed by atoms with Crippen molar-refractivity contribution in [2.75, 3.05) is 19.4 Å². The van der Waals surface area contributed by atoms with Crippen molar-refractivity contribution in [1.29, 1.82) is 0 Å². The van der Waals surface area contributed by atoms with E-state index in [1.165, 1.54) is 23.8 Å². The van der Waals surface area contributed by atoms with Crippen LogP contribution in [0.3, 0.4) is 0 Å². The number of aromatic nitrogens is 2. The highest BCUT2D eigenvalue weighted by Gasteiger charge is 2.30. The van der Waals surface area contributed by atoms with Gasteiger partial charge in [0.05, 0.1) is 12.9 Å². The van der Waals surface area contributed by atoms with Crippen LogP contribution >= 0.6 is 24.0 Å². The van der Waals surface area contributed by atoms with Gasteiger partial charge in [-0.25, -0.2) is 9.97 Å². The number of thiocarbonyl (C=S) groups is 1. The number of thioether (sulfide) groups is 1. The average Bonchev–Trinajstić information content (AvgIpc) is 2.96. The first kappa shape index (κ1) is 18.8. The van der Waals surface area contributed by atoms with E-state index in [0.717, 1.165) is 25.7 Å². The number of hydrogen-bond acceptors (Lipinski definition) is 8. The lowest BCUT2D eigenvalue weighted by Gasteiger charge is -2.29. The second-order valence-electron chi connectivity index (χ2n) is 6.06. The molecule has 0 spiro atoms. The Labute approximate surface area is 161 Å². The first-order chi connectivity index (χ1) is 12.6. The van der Waals surface area contributed by atoms with Crippen LogP contribution in [0.5, 0.6) is 11.8 Å². The molecule has 1 aliphatic heterocycles. The molecule has 0 unspecified atom stereocenters. The van der Waals surface area contributed by atoms with Gasteiger partial charge in [-0.05, 0) is 25.7 Å². The normalized spacial score (nSPS) is 23.0. The van der Waals surface area contributed by atoms with Crippen molar-refractivity contribution in [2.24, 2.45) is 0 Å². The maximum Gasteiger partial charge on any atom is 0.278 e. The summed E-state index contributed by atoms with van der Waals surface area (Å²) in [5.41, 5.74) is 0. The molecule has 0 bridgehead atoms. The minimum absolute atomic E-state index is 0.00208. The number of amides is 2. The zero-order valence-corrected chi connectivity index (χ0v) is 16.0. The minimum Gasteiger partial charge on any atom is -0.477 e. The smallest absolute Gasteiger partial charge is 0.278 e. The van der Waals surface area contributed by atoms with Gasteiger partial charge in [0, 0.05) is 18.4 Å². The highest BCUT2D eigenvalue weighted by atomic mass is 32.2. The number of hydrogen-bond donors (Lipinski definition) is 1. The molecule has 1 aromatic heterocycles. The SMILES string of the molecule is COc1nccnc1OC1CCC(NC(=O)CN2C(=O)CSC2=S)CC1. The van der Waals surface area contributed by atoms with Crippen LogP contribution in [-0.2, 0) is 9.59 Å². The highest BCUT2D eigenvalue weighted by Crippen LogP contribution is 2.27. The molecule has 8 nitrogen and oxygen atoms in total. The van der Waals surface area contributed by atoms with E-state index in [2.05, 4.69) is 15.3 Å². The van der Waals surface area contributed by atoms with Gasteiger partial charge < -0.3 is 14.8 Å². The third-order valence-corrected chi connectivity index (χ3v) is 5.72. The van der Waals surface area contributed by atoms with Gasteiger partial charge in [0.2, 0.25) is 11.8 Å². The Hall–Kier alpha value is -1.94. The van der Waals surface area contributed by atoms with E-state index in [9.17, 15) is 9.59 Å². The monoisotopic (exact) mass is 396 g/mol. The van der Waals surface area contributed by atoms with E-state index in [1.54, 1.807) is 12.4 Å². The van der Waals surface area contributed by atoms with Gasteiger partial charge in [0.25, 0.3) is 11.8 Å². The minimum atomic E-state index is -0.178. The summed E-state index contributed by atoms with van der Waals surface area (Å²) in [6.45, 7) is -0.00208. The number of carbonyl (C=O) groups is 2. The highest BCUT2D eigenvalue weighted by molar-refractivity contribution is 8.23. The lowest BCUT2D eigenvalue weighted by atomic mass is 9.93. The topological polar surface area (TPSA) is 93.7 Å². The maximum absolute atomic E-state index is 12.2. The number of nitrogens with one attached hydrogen (secondary N) is 1. The summed E-state index contributed by atoms with van der Waals surface area (Å²) in [4.78, 5) is 33.4. The third kappa shape index (κ3) is 4.61. The van der Waals surface area contributed by atoms with Crippen molar-refractivity contribution in [1.82, 2.24) is 20.2 Å². The van der Waals surface area contributed by atoms with Gasteiger partial charge in [-0.15, -0.1) is 0 Å². The summed E-state index contributed by atoms with van der Waals surface area (Å²) in [5, 5.41) is 2.98. The van der Waals surface area contributed by atoms with Crippen LogP contribution in [0.15, 0.2) is 12.4 Å². The number of rotatable bonds is 6. The van der Waals surface area contributed by atoms with Crippen LogP contribution in [0.1, 0.15) is 25.7 Å². The largest absolute Gasteiger partial charge is 0.477 e. The molecule has 3 rings (SSSR count). The quantitative estimate of drug-likeness (QED) is 0.716. The fourth-order valence-corrected chi connectivity index (χ4v) is 4.04. The van der Waals surface area contributed by atoms with E-state index in [-0.39, 0.29) is 30.5 Å². The van der Waals surface area contributed by atoms with E-state index in [0.29, 0.717) is 21.8 Å². The van der Waals surface area contributed by atoms with E-state index in [1.807, 2.05) is 0 Å². The Kier molecular flexibility index (Phi) is 6.25. The third-order valence-electron chi connectivity index (χ3n) is 4.29. The van der Waals surface area contributed by atoms with Crippen molar-refractivity contribution in [3.8, 4) is 11.8 Å². The van der Waals surface area contributed by atoms with Crippen molar-refractivity contribution in [3.05, 3.63) is 12.4 Å². The van der Waals surface area contributed by atoms with Crippen LogP contribution < -0.4 is 14.8 Å². The summed E-state index contributed by atoms with van der Waals surface area (Å²) < 4.78 is 11.5. The molecule has 2 amide bonds. The van der Waals surface area contributed by atoms with Crippen LogP contribution in [0.25, 0.3) is 0 Å². The second-order valence-corrected chi connectivity index (χ2v) is 7.67. The molecule has 2 aliphatic rings. The molecule has 10 heteroatoms. The predicted octanol–water partition coefficient (Wildman–Crippen LogP) is 1.15. The molecular formula is C16H20N4O4S2. The summed E-state index contributed by atoms with van der Waals surface area (Å²) in [6, 6.07) is 0.0741. The molecule has 0 atom stereocenters. The Balaban J connectivity index is 1.44. The Morgan fingerprint density at radius 2 is 2.00 bits per heavy atom. The molecule has 2 fully saturated rings. The average molecular weight is 396 g/mol. The van der Waals surface area contributed by atoms with Gasteiger partial charge in [-0.3, -0.25) is 14.5 Å². The standard InChI is InChI=1S/C16H20N4O4S2/c1-23-14-15(18-7-6-17-14)24-11-4-2-10(3-5-11)19-12(21)8-20-13(22)9-26-16(20)25/h6-7,10-11H,2-5,8-9H2,1H3,(H,19,21). The van der Waals surface area contributed by atoms with Crippen LogP contribution in [-0.4, -0.2) is 62.6 Å². The molecule has 140 valence electrons. The molecule has 1 saturated carbocycles. The Bertz CT molecular complexity index is 679. The Morgan fingerprint density at radius 1 is 1.31 bits per heavy atom. The van der Waals surface area contributed by atoms with Gasteiger partial charge in [0.1, 0.15) is 17.0 Å². The van der Waals surface area contributed by atoms with Gasteiger partial charge >= 0.3 is 0 Å². The predicted molar refractivity (Wildman–Crippen MR) is 100 cm³/mol. The van der Waals surface area contributed by atoms with E-state index in [4.69, 9.17) is 21.7 Å². The van der Waals surface area contributed by atoms with Crippen molar-refractivity contribution in [2.45, 2.75) is 37.8 Å². The summed E-state index contributed by atoms with van der Waals surface area (Å²) >= 11 is 6.38. The first-order valence-electron chi connectivity index (χ1n) is 8.35. The number of carbonyl (C=O) groups excluding carboxylic acids is 2. The fourth-order valence-electron chi connectivity index (χ4n) is 2.97.